The van der Waals surface area contributed by atoms with E-state index in [9.17, 15) is 0 Å². The number of hydrogen-bond donors (Lipinski definition) is 0. The monoisotopic (exact) mass is 640 g/mol. The van der Waals surface area contributed by atoms with E-state index >= 15 is 0 Å². The largest absolute Gasteiger partial charge is 0.501 e. The summed E-state index contributed by atoms with van der Waals surface area (Å²) < 4.78 is 37.2. The second-order valence-electron chi connectivity index (χ2n) is 9.46. The summed E-state index contributed by atoms with van der Waals surface area (Å²) in [6.45, 7) is 15.9. The molecule has 0 amide bonds. The fourth-order valence-corrected chi connectivity index (χ4v) is 17.4. The first-order chi connectivity index (χ1) is 20.0. The number of rotatable bonds is 24. The van der Waals surface area contributed by atoms with Crippen LogP contribution in [0.4, 0.5) is 0 Å². The van der Waals surface area contributed by atoms with Crippen LogP contribution in [0.3, 0.4) is 0 Å². The molecule has 0 saturated heterocycles. The molecule has 2 rings (SSSR count). The first-order valence-corrected chi connectivity index (χ1v) is 22.7. The SMILES string of the molecule is CCO[Si](CCP(CCCP(CC[Si](OCC)(OCC)OCC)c1ccccc1)c1ccccc1)(OCC)OCC. The average molecular weight is 641 g/mol. The van der Waals surface area contributed by atoms with Crippen LogP contribution in [-0.4, -0.2) is 81.9 Å². The Balaban J connectivity index is 2.18. The summed E-state index contributed by atoms with van der Waals surface area (Å²) in [4.78, 5) is 0. The van der Waals surface area contributed by atoms with Crippen LogP contribution in [0.2, 0.25) is 12.1 Å². The molecule has 0 radical (unpaired) electrons. The summed E-state index contributed by atoms with van der Waals surface area (Å²) in [5.74, 6) is 0. The normalized spacial score (nSPS) is 13.8. The minimum Gasteiger partial charge on any atom is -0.374 e. The van der Waals surface area contributed by atoms with Gasteiger partial charge in [-0.1, -0.05) is 76.5 Å². The Morgan fingerprint density at radius 3 is 1.00 bits per heavy atom. The van der Waals surface area contributed by atoms with Gasteiger partial charge in [0, 0.05) is 51.7 Å². The van der Waals surface area contributed by atoms with Crippen molar-refractivity contribution in [1.82, 2.24) is 0 Å². The first kappa shape index (κ1) is 36.7. The Bertz CT molecular complexity index is 804. The van der Waals surface area contributed by atoms with Gasteiger partial charge in [0.25, 0.3) is 0 Å². The van der Waals surface area contributed by atoms with Gasteiger partial charge in [0.05, 0.1) is 0 Å². The summed E-state index contributed by atoms with van der Waals surface area (Å²) in [6.07, 6.45) is 5.67. The molecule has 0 heterocycles. The molecule has 0 spiro atoms. The molecule has 0 N–H and O–H groups in total. The number of hydrogen-bond acceptors (Lipinski definition) is 6. The zero-order valence-corrected chi connectivity index (χ0v) is 30.1. The second-order valence-corrected chi connectivity index (χ2v) is 19.9. The predicted molar refractivity (Wildman–Crippen MR) is 181 cm³/mol. The predicted octanol–water partition coefficient (Wildman–Crippen LogP) is 7.09. The second kappa shape index (κ2) is 21.2. The maximum atomic E-state index is 6.20. The lowest BCUT2D eigenvalue weighted by Crippen LogP contribution is -2.46. The zero-order valence-electron chi connectivity index (χ0n) is 26.3. The topological polar surface area (TPSA) is 55.4 Å². The fourth-order valence-electron chi connectivity index (χ4n) is 5.02. The van der Waals surface area contributed by atoms with Crippen LogP contribution in [0.15, 0.2) is 60.7 Å². The van der Waals surface area contributed by atoms with E-state index in [0.717, 1.165) is 24.4 Å². The van der Waals surface area contributed by atoms with Crippen molar-refractivity contribution in [2.24, 2.45) is 0 Å². The van der Waals surface area contributed by atoms with Gasteiger partial charge in [-0.3, -0.25) is 0 Å². The molecule has 2 atom stereocenters. The van der Waals surface area contributed by atoms with Crippen molar-refractivity contribution in [3.63, 3.8) is 0 Å². The minimum atomic E-state index is -2.68. The van der Waals surface area contributed by atoms with Gasteiger partial charge in [-0.05, 0) is 83.2 Å². The van der Waals surface area contributed by atoms with Gasteiger partial charge in [-0.15, -0.1) is 0 Å². The van der Waals surface area contributed by atoms with Crippen molar-refractivity contribution < 1.29 is 26.6 Å². The third-order valence-corrected chi connectivity index (χ3v) is 18.9. The van der Waals surface area contributed by atoms with Crippen LogP contribution in [0, 0.1) is 0 Å². The molecule has 41 heavy (non-hydrogen) atoms. The molecule has 0 fully saturated rings. The molecule has 6 nitrogen and oxygen atoms in total. The molecule has 2 aromatic carbocycles. The van der Waals surface area contributed by atoms with Crippen molar-refractivity contribution in [1.29, 1.82) is 0 Å². The molecule has 10 heteroatoms. The highest BCUT2D eigenvalue weighted by atomic mass is 31.1. The summed E-state index contributed by atoms with van der Waals surface area (Å²) in [5.41, 5.74) is 0. The quantitative estimate of drug-likeness (QED) is 0.0903. The number of benzene rings is 2. The Labute approximate surface area is 255 Å². The van der Waals surface area contributed by atoms with E-state index in [1.54, 1.807) is 0 Å². The molecule has 0 bridgehead atoms. The van der Waals surface area contributed by atoms with E-state index in [-0.39, 0.29) is 15.8 Å². The lowest BCUT2D eigenvalue weighted by molar-refractivity contribution is 0.0720. The van der Waals surface area contributed by atoms with Crippen LogP contribution in [-0.2, 0) is 26.6 Å². The van der Waals surface area contributed by atoms with Crippen molar-refractivity contribution in [2.45, 2.75) is 60.1 Å². The van der Waals surface area contributed by atoms with E-state index in [1.165, 1.54) is 29.4 Å². The Morgan fingerprint density at radius 1 is 0.439 bits per heavy atom. The van der Waals surface area contributed by atoms with Crippen LogP contribution in [0.5, 0.6) is 0 Å². The Kier molecular flexibility index (Phi) is 19.0. The van der Waals surface area contributed by atoms with Gasteiger partial charge in [0.15, 0.2) is 0 Å². The van der Waals surface area contributed by atoms with Crippen LogP contribution < -0.4 is 10.6 Å². The lowest BCUT2D eigenvalue weighted by atomic mass is 10.4. The third kappa shape index (κ3) is 12.9. The van der Waals surface area contributed by atoms with Crippen LogP contribution in [0.25, 0.3) is 0 Å². The van der Waals surface area contributed by atoms with Crippen molar-refractivity contribution in [3.05, 3.63) is 60.7 Å². The summed E-state index contributed by atoms with van der Waals surface area (Å²) >= 11 is 0. The van der Waals surface area contributed by atoms with Crippen molar-refractivity contribution >= 4 is 44.1 Å². The highest BCUT2D eigenvalue weighted by molar-refractivity contribution is 7.66. The Morgan fingerprint density at radius 2 is 0.732 bits per heavy atom. The molecule has 2 unspecified atom stereocenters. The van der Waals surface area contributed by atoms with Gasteiger partial charge >= 0.3 is 17.6 Å². The molecule has 2 aromatic rings. The average Bonchev–Trinajstić information content (AvgIpc) is 2.98. The van der Waals surface area contributed by atoms with E-state index in [2.05, 4.69) is 60.7 Å². The Hall–Kier alpha value is -0.506. The first-order valence-electron chi connectivity index (χ1n) is 15.4. The summed E-state index contributed by atoms with van der Waals surface area (Å²) in [6, 6.07) is 23.8. The van der Waals surface area contributed by atoms with Crippen LogP contribution in [0.1, 0.15) is 48.0 Å². The fraction of sp³-hybridized carbons (Fsp3) is 0.613. The highest BCUT2D eigenvalue weighted by Crippen LogP contribution is 2.43. The molecule has 0 aromatic heterocycles. The van der Waals surface area contributed by atoms with Crippen LogP contribution >= 0.6 is 15.8 Å². The van der Waals surface area contributed by atoms with Gasteiger partial charge in [0.2, 0.25) is 0 Å². The van der Waals surface area contributed by atoms with Gasteiger partial charge in [-0.25, -0.2) is 0 Å². The van der Waals surface area contributed by atoms with Gasteiger partial charge in [0.1, 0.15) is 0 Å². The van der Waals surface area contributed by atoms with E-state index in [4.69, 9.17) is 26.6 Å². The van der Waals surface area contributed by atoms with E-state index in [0.29, 0.717) is 39.6 Å². The zero-order chi connectivity index (χ0) is 29.8. The molecule has 0 aliphatic rings. The molecular weight excluding hydrogens is 586 g/mol. The van der Waals surface area contributed by atoms with Gasteiger partial charge < -0.3 is 26.6 Å². The van der Waals surface area contributed by atoms with E-state index < -0.39 is 17.6 Å². The lowest BCUT2D eigenvalue weighted by Gasteiger charge is -2.31. The molecule has 0 aliphatic heterocycles. The standard InChI is InChI=1S/C31H54O6P2Si2/c1-7-32-40(33-8-2,34-9-3)28-26-38(30-20-15-13-16-21-30)24-19-25-39(31-22-17-14-18-23-31)27-29-41(35-10-4,36-11-5)37-12-6/h13-18,20-23H,7-12,19,24-29H2,1-6H3. The summed E-state index contributed by atoms with van der Waals surface area (Å²) in [7, 11) is -6.08. The minimum absolute atomic E-state index is 0.361. The smallest absolute Gasteiger partial charge is 0.374 e. The van der Waals surface area contributed by atoms with Crippen molar-refractivity contribution in [2.75, 3.05) is 64.3 Å². The third-order valence-electron chi connectivity index (χ3n) is 6.66. The van der Waals surface area contributed by atoms with Crippen molar-refractivity contribution in [3.8, 4) is 0 Å². The molecule has 0 saturated carbocycles. The molecular formula is C31H54O6P2Si2. The van der Waals surface area contributed by atoms with Gasteiger partial charge in [-0.2, -0.15) is 0 Å². The molecule has 232 valence electrons. The maximum absolute atomic E-state index is 6.20. The molecule has 0 aliphatic carbocycles. The highest BCUT2D eigenvalue weighted by Gasteiger charge is 2.42. The summed E-state index contributed by atoms with van der Waals surface area (Å²) in [5, 5.41) is 2.91. The maximum Gasteiger partial charge on any atom is 0.501 e. The van der Waals surface area contributed by atoms with E-state index in [1.807, 2.05) is 41.5 Å².